The van der Waals surface area contributed by atoms with Gasteiger partial charge in [0.2, 0.25) is 0 Å². The van der Waals surface area contributed by atoms with Gasteiger partial charge in [-0.25, -0.2) is 0 Å². The van der Waals surface area contributed by atoms with Gasteiger partial charge in [-0.15, -0.1) is 12.4 Å². The number of aromatic nitrogens is 2. The number of halogens is 1. The molecule has 0 amide bonds. The van der Waals surface area contributed by atoms with Crippen LogP contribution < -0.4 is 10.6 Å². The van der Waals surface area contributed by atoms with Crippen LogP contribution in [-0.4, -0.2) is 36.4 Å². The second-order valence-electron chi connectivity index (χ2n) is 6.08. The van der Waals surface area contributed by atoms with E-state index >= 15 is 0 Å². The molecule has 2 N–H and O–H groups in total. The lowest BCUT2D eigenvalue weighted by Crippen LogP contribution is -2.44. The molecule has 2 heterocycles. The fraction of sp³-hybridized carbons (Fsp3) is 0.500. The van der Waals surface area contributed by atoms with Crippen molar-refractivity contribution in [3.8, 4) is 11.5 Å². The maximum atomic E-state index is 6.23. The van der Waals surface area contributed by atoms with Gasteiger partial charge >= 0.3 is 0 Å². The molecule has 1 saturated heterocycles. The van der Waals surface area contributed by atoms with Crippen molar-refractivity contribution in [2.45, 2.75) is 24.8 Å². The first-order valence-electron chi connectivity index (χ1n) is 7.81. The Balaban J connectivity index is 0.00000156. The van der Waals surface area contributed by atoms with E-state index in [0.717, 1.165) is 51.1 Å². The Kier molecular flexibility index (Phi) is 4.57. The van der Waals surface area contributed by atoms with Gasteiger partial charge < -0.3 is 19.9 Å². The summed E-state index contributed by atoms with van der Waals surface area (Å²) in [5.74, 6) is 1.17. The van der Waals surface area contributed by atoms with Gasteiger partial charge in [-0.2, -0.15) is 4.98 Å². The smallest absolute Gasteiger partial charge is 0.257 e. The van der Waals surface area contributed by atoms with Gasteiger partial charge in [-0.05, 0) is 43.5 Å². The van der Waals surface area contributed by atoms with Crippen molar-refractivity contribution in [2.75, 3.05) is 31.2 Å². The monoisotopic (exact) mass is 336 g/mol. The number of anilines is 1. The Morgan fingerprint density at radius 2 is 1.78 bits per heavy atom. The molecule has 6 nitrogen and oxygen atoms in total. The third-order valence-corrected chi connectivity index (χ3v) is 4.61. The zero-order valence-electron chi connectivity index (χ0n) is 12.9. The average Bonchev–Trinajstić information content (AvgIpc) is 3.04. The van der Waals surface area contributed by atoms with Gasteiger partial charge in [0, 0.05) is 24.3 Å². The molecular formula is C16H21ClN4O2. The molecule has 1 aliphatic carbocycles. The van der Waals surface area contributed by atoms with E-state index in [4.69, 9.17) is 15.0 Å². The third-order valence-electron chi connectivity index (χ3n) is 4.61. The fourth-order valence-electron chi connectivity index (χ4n) is 2.96. The SMILES string of the molecule is Cl.NC1(c2noc(-c3ccc(N4CCOCC4)cc3)n2)CCC1. The molecule has 2 aromatic rings. The van der Waals surface area contributed by atoms with Crippen molar-refractivity contribution in [3.63, 3.8) is 0 Å². The van der Waals surface area contributed by atoms with Gasteiger partial charge in [0.05, 0.1) is 18.8 Å². The van der Waals surface area contributed by atoms with Crippen molar-refractivity contribution in [1.82, 2.24) is 10.1 Å². The van der Waals surface area contributed by atoms with Crippen molar-refractivity contribution in [1.29, 1.82) is 0 Å². The molecule has 4 rings (SSSR count). The summed E-state index contributed by atoms with van der Waals surface area (Å²) in [5, 5.41) is 4.06. The maximum absolute atomic E-state index is 6.23. The summed E-state index contributed by atoms with van der Waals surface area (Å²) in [4.78, 5) is 6.80. The number of nitrogens with two attached hydrogens (primary N) is 1. The van der Waals surface area contributed by atoms with Crippen LogP contribution in [0.1, 0.15) is 25.1 Å². The van der Waals surface area contributed by atoms with Gasteiger partial charge in [0.25, 0.3) is 5.89 Å². The zero-order valence-corrected chi connectivity index (χ0v) is 13.7. The highest BCUT2D eigenvalue weighted by atomic mass is 35.5. The summed E-state index contributed by atoms with van der Waals surface area (Å²) < 4.78 is 10.8. The van der Waals surface area contributed by atoms with Crippen molar-refractivity contribution >= 4 is 18.1 Å². The highest BCUT2D eigenvalue weighted by Crippen LogP contribution is 2.37. The van der Waals surface area contributed by atoms with Gasteiger partial charge in [0.15, 0.2) is 5.82 Å². The first-order chi connectivity index (χ1) is 10.7. The molecule has 0 spiro atoms. The van der Waals surface area contributed by atoms with E-state index < -0.39 is 0 Å². The molecule has 2 fully saturated rings. The van der Waals surface area contributed by atoms with Crippen LogP contribution in [0.2, 0.25) is 0 Å². The maximum Gasteiger partial charge on any atom is 0.257 e. The molecular weight excluding hydrogens is 316 g/mol. The second kappa shape index (κ2) is 6.47. The Morgan fingerprint density at radius 1 is 1.09 bits per heavy atom. The van der Waals surface area contributed by atoms with Crippen LogP contribution in [0.25, 0.3) is 11.5 Å². The van der Waals surface area contributed by atoms with Crippen molar-refractivity contribution in [2.24, 2.45) is 5.73 Å². The highest BCUT2D eigenvalue weighted by molar-refractivity contribution is 5.85. The number of benzene rings is 1. The number of hydrogen-bond acceptors (Lipinski definition) is 6. The van der Waals surface area contributed by atoms with Gasteiger partial charge in [-0.3, -0.25) is 0 Å². The van der Waals surface area contributed by atoms with Crippen LogP contribution in [0, 0.1) is 0 Å². The molecule has 23 heavy (non-hydrogen) atoms. The first-order valence-corrected chi connectivity index (χ1v) is 7.81. The fourth-order valence-corrected chi connectivity index (χ4v) is 2.96. The molecule has 1 aromatic carbocycles. The summed E-state index contributed by atoms with van der Waals surface area (Å²) in [6.45, 7) is 3.43. The van der Waals surface area contributed by atoms with Crippen LogP contribution in [0.5, 0.6) is 0 Å². The average molecular weight is 337 g/mol. The Bertz CT molecular complexity index is 648. The standard InChI is InChI=1S/C16H20N4O2.ClH/c17-16(6-1-7-16)15-18-14(22-19-15)12-2-4-13(5-3-12)20-8-10-21-11-9-20;/h2-5H,1,6-11,17H2;1H. The topological polar surface area (TPSA) is 77.4 Å². The molecule has 1 aliphatic heterocycles. The van der Waals surface area contributed by atoms with Crippen LogP contribution in [-0.2, 0) is 10.3 Å². The zero-order chi connectivity index (χ0) is 15.0. The Hall–Kier alpha value is -1.63. The van der Waals surface area contributed by atoms with E-state index in [1.807, 2.05) is 12.1 Å². The molecule has 0 unspecified atom stereocenters. The molecule has 1 aromatic heterocycles. The van der Waals surface area contributed by atoms with Crippen LogP contribution in [0.15, 0.2) is 28.8 Å². The summed E-state index contributed by atoms with van der Waals surface area (Å²) in [6, 6.07) is 8.22. The molecule has 2 aliphatic rings. The van der Waals surface area contributed by atoms with Gasteiger partial charge in [-0.1, -0.05) is 5.16 Å². The highest BCUT2D eigenvalue weighted by Gasteiger charge is 2.39. The number of morpholine rings is 1. The van der Waals surface area contributed by atoms with E-state index in [9.17, 15) is 0 Å². The van der Waals surface area contributed by atoms with Crippen molar-refractivity contribution < 1.29 is 9.26 Å². The van der Waals surface area contributed by atoms with E-state index in [-0.39, 0.29) is 17.9 Å². The van der Waals surface area contributed by atoms with Gasteiger partial charge in [0.1, 0.15) is 0 Å². The quantitative estimate of drug-likeness (QED) is 0.927. The lowest BCUT2D eigenvalue weighted by atomic mass is 9.77. The molecule has 0 radical (unpaired) electrons. The summed E-state index contributed by atoms with van der Waals surface area (Å²) in [5.41, 5.74) is 7.98. The molecule has 0 atom stereocenters. The lowest BCUT2D eigenvalue weighted by molar-refractivity contribution is 0.122. The predicted molar refractivity (Wildman–Crippen MR) is 89.7 cm³/mol. The van der Waals surface area contributed by atoms with E-state index in [1.54, 1.807) is 0 Å². The summed E-state index contributed by atoms with van der Waals surface area (Å²) in [7, 11) is 0. The minimum Gasteiger partial charge on any atom is -0.378 e. The van der Waals surface area contributed by atoms with Crippen LogP contribution in [0.3, 0.4) is 0 Å². The summed E-state index contributed by atoms with van der Waals surface area (Å²) in [6.07, 6.45) is 3.00. The lowest BCUT2D eigenvalue weighted by Gasteiger charge is -2.34. The Labute approximate surface area is 141 Å². The number of rotatable bonds is 3. The van der Waals surface area contributed by atoms with Crippen LogP contribution in [0.4, 0.5) is 5.69 Å². The second-order valence-corrected chi connectivity index (χ2v) is 6.08. The first kappa shape index (κ1) is 16.2. The minimum absolute atomic E-state index is 0. The summed E-state index contributed by atoms with van der Waals surface area (Å²) >= 11 is 0. The van der Waals surface area contributed by atoms with E-state index in [0.29, 0.717) is 11.7 Å². The Morgan fingerprint density at radius 3 is 2.39 bits per heavy atom. The number of ether oxygens (including phenoxy) is 1. The van der Waals surface area contributed by atoms with Crippen LogP contribution >= 0.6 is 12.4 Å². The third kappa shape index (κ3) is 3.06. The number of hydrogen-bond donors (Lipinski definition) is 1. The minimum atomic E-state index is -0.379. The predicted octanol–water partition coefficient (Wildman–Crippen LogP) is 2.33. The normalized spacial score (nSPS) is 19.8. The molecule has 124 valence electrons. The largest absolute Gasteiger partial charge is 0.378 e. The van der Waals surface area contributed by atoms with E-state index in [2.05, 4.69) is 27.2 Å². The molecule has 7 heteroatoms. The molecule has 1 saturated carbocycles. The van der Waals surface area contributed by atoms with Crippen molar-refractivity contribution in [3.05, 3.63) is 30.1 Å². The van der Waals surface area contributed by atoms with E-state index in [1.165, 1.54) is 5.69 Å². The number of nitrogens with zero attached hydrogens (tertiary/aromatic N) is 3. The molecule has 0 bridgehead atoms.